The Kier molecular flexibility index (Phi) is 3.28. The maximum Gasteiger partial charge on any atom is 0.419 e. The van der Waals surface area contributed by atoms with E-state index in [1.807, 2.05) is 0 Å². The molecule has 0 N–H and O–H groups in total. The molecule has 4 atom stereocenters. The lowest BCUT2D eigenvalue weighted by atomic mass is 9.95. The number of ether oxygens (including phenoxy) is 1. The van der Waals surface area contributed by atoms with Crippen molar-refractivity contribution in [2.45, 2.75) is 31.5 Å². The predicted molar refractivity (Wildman–Crippen MR) is 63.9 cm³/mol. The molecule has 3 rings (SSSR count). The Morgan fingerprint density at radius 1 is 1.26 bits per heavy atom. The van der Waals surface area contributed by atoms with E-state index in [4.69, 9.17) is 8.92 Å². The number of carbonyl (C=O) groups excluding carboxylic acids is 1. The van der Waals surface area contributed by atoms with Crippen LogP contribution >= 0.6 is 0 Å². The number of thiol groups is 1. The first-order valence-corrected chi connectivity index (χ1v) is 7.25. The highest BCUT2D eigenvalue weighted by molar-refractivity contribution is 7.67. The van der Waals surface area contributed by atoms with Crippen LogP contribution in [0.1, 0.15) is 19.3 Å². The van der Waals surface area contributed by atoms with Crippen LogP contribution in [0, 0.1) is 11.8 Å². The van der Waals surface area contributed by atoms with Gasteiger partial charge in [0.05, 0.1) is 0 Å². The van der Waals surface area contributed by atoms with Gasteiger partial charge in [0.1, 0.15) is 18.5 Å². The van der Waals surface area contributed by atoms with E-state index in [1.54, 1.807) is 0 Å². The molecule has 7 nitrogen and oxygen atoms in total. The fourth-order valence-electron chi connectivity index (χ4n) is 3.14. The van der Waals surface area contributed by atoms with Gasteiger partial charge >= 0.3 is 6.09 Å². The molecule has 0 radical (unpaired) electrons. The third-order valence-corrected chi connectivity index (χ3v) is 4.34. The quantitative estimate of drug-likeness (QED) is 0.818. The van der Waals surface area contributed by atoms with E-state index in [1.165, 1.54) is 23.3 Å². The summed E-state index contributed by atoms with van der Waals surface area (Å²) in [6.45, 7) is 0. The van der Waals surface area contributed by atoms with Crippen molar-refractivity contribution in [2.75, 3.05) is 0 Å². The van der Waals surface area contributed by atoms with Crippen molar-refractivity contribution in [3.8, 4) is 0 Å². The second-order valence-corrected chi connectivity index (χ2v) is 5.60. The number of hydrogen-bond acceptors (Lipinski definition) is 6. The SMILES string of the molecule is O=C(OC1C2CCC(C2)C1O[SH](=O)=O)n1ccnc1. The zero-order chi connectivity index (χ0) is 13.4. The number of rotatable bonds is 3. The van der Waals surface area contributed by atoms with Gasteiger partial charge in [-0.15, -0.1) is 0 Å². The summed E-state index contributed by atoms with van der Waals surface area (Å²) in [5.74, 6) is 0.357. The van der Waals surface area contributed by atoms with Crippen LogP contribution in [-0.4, -0.2) is 36.3 Å². The molecule has 0 aromatic carbocycles. The summed E-state index contributed by atoms with van der Waals surface area (Å²) < 4.78 is 33.0. The average molecular weight is 286 g/mol. The standard InChI is InChI=1S/C11H14N2O5S/c14-11(13-4-3-12-6-13)17-9-7-1-2-8(5-7)10(9)18-19(15)16/h3-4,6-10,19H,1-2,5H2. The van der Waals surface area contributed by atoms with Crippen LogP contribution in [0.15, 0.2) is 18.7 Å². The van der Waals surface area contributed by atoms with Crippen LogP contribution in [0.3, 0.4) is 0 Å². The number of imidazole rings is 1. The molecule has 0 spiro atoms. The van der Waals surface area contributed by atoms with Crippen molar-refractivity contribution in [3.63, 3.8) is 0 Å². The van der Waals surface area contributed by atoms with Gasteiger partial charge in [-0.2, -0.15) is 0 Å². The fraction of sp³-hybridized carbons (Fsp3) is 0.636. The van der Waals surface area contributed by atoms with E-state index in [0.29, 0.717) is 0 Å². The van der Waals surface area contributed by atoms with Crippen molar-refractivity contribution >= 4 is 17.1 Å². The number of fused-ring (bicyclic) bond motifs is 2. The highest BCUT2D eigenvalue weighted by Gasteiger charge is 2.51. The Hall–Kier alpha value is -1.41. The summed E-state index contributed by atoms with van der Waals surface area (Å²) in [7, 11) is -2.93. The van der Waals surface area contributed by atoms with Crippen LogP contribution < -0.4 is 0 Å². The van der Waals surface area contributed by atoms with Crippen LogP contribution in [-0.2, 0) is 19.9 Å². The highest BCUT2D eigenvalue weighted by Crippen LogP contribution is 2.47. The van der Waals surface area contributed by atoms with Gasteiger partial charge in [-0.3, -0.25) is 4.18 Å². The third-order valence-electron chi connectivity index (χ3n) is 3.93. The largest absolute Gasteiger partial charge is 0.442 e. The molecule has 2 bridgehead atoms. The molecule has 1 heterocycles. The fourth-order valence-corrected chi connectivity index (χ4v) is 3.63. The van der Waals surface area contributed by atoms with Crippen LogP contribution in [0.5, 0.6) is 0 Å². The van der Waals surface area contributed by atoms with E-state index >= 15 is 0 Å². The molecule has 2 aliphatic rings. The lowest BCUT2D eigenvalue weighted by Crippen LogP contribution is -2.39. The summed E-state index contributed by atoms with van der Waals surface area (Å²) in [6.07, 6.45) is 5.47. The Balaban J connectivity index is 1.73. The maximum absolute atomic E-state index is 11.9. The van der Waals surface area contributed by atoms with Gasteiger partial charge < -0.3 is 4.74 Å². The highest BCUT2D eigenvalue weighted by atomic mass is 32.2. The molecular formula is C11H14N2O5S. The van der Waals surface area contributed by atoms with Crippen LogP contribution in [0.4, 0.5) is 4.79 Å². The number of nitrogens with zero attached hydrogens (tertiary/aromatic N) is 2. The predicted octanol–water partition coefficient (Wildman–Crippen LogP) is 0.578. The van der Waals surface area contributed by atoms with Gasteiger partial charge in [-0.1, -0.05) is 0 Å². The number of carbonyl (C=O) groups is 1. The van der Waals surface area contributed by atoms with Gasteiger partial charge in [0.2, 0.25) is 0 Å². The summed E-state index contributed by atoms with van der Waals surface area (Å²) in [6, 6.07) is 0. The molecule has 4 unspecified atom stereocenters. The molecule has 0 amide bonds. The molecule has 2 saturated carbocycles. The van der Waals surface area contributed by atoms with Crippen molar-refractivity contribution in [1.29, 1.82) is 0 Å². The van der Waals surface area contributed by atoms with Crippen molar-refractivity contribution in [3.05, 3.63) is 18.7 Å². The first-order valence-electron chi connectivity index (χ1n) is 6.15. The number of hydrogen-bond donors (Lipinski definition) is 1. The molecule has 104 valence electrons. The third kappa shape index (κ3) is 2.37. The van der Waals surface area contributed by atoms with Crippen LogP contribution in [0.2, 0.25) is 0 Å². The Labute approximate surface area is 111 Å². The van der Waals surface area contributed by atoms with Crippen molar-refractivity contribution in [2.24, 2.45) is 11.8 Å². The lowest BCUT2D eigenvalue weighted by Gasteiger charge is -2.28. The van der Waals surface area contributed by atoms with Gasteiger partial charge in [0.15, 0.2) is 0 Å². The first-order chi connectivity index (χ1) is 9.15. The van der Waals surface area contributed by atoms with E-state index in [-0.39, 0.29) is 11.8 Å². The second-order valence-electron chi connectivity index (χ2n) is 4.95. The average Bonchev–Trinajstić information content (AvgIpc) is 3.05. The molecular weight excluding hydrogens is 272 g/mol. The lowest BCUT2D eigenvalue weighted by molar-refractivity contribution is -0.00944. The Bertz CT molecular complexity index is 533. The van der Waals surface area contributed by atoms with E-state index < -0.39 is 29.3 Å². The van der Waals surface area contributed by atoms with Gasteiger partial charge in [0, 0.05) is 12.4 Å². The number of aromatic nitrogens is 2. The molecule has 1 aromatic rings. The van der Waals surface area contributed by atoms with Crippen LogP contribution in [0.25, 0.3) is 0 Å². The molecule has 8 heteroatoms. The molecule has 2 fully saturated rings. The molecule has 0 saturated heterocycles. The molecule has 1 aromatic heterocycles. The summed E-state index contributed by atoms with van der Waals surface area (Å²) in [4.78, 5) is 15.6. The zero-order valence-corrected chi connectivity index (χ0v) is 10.9. The van der Waals surface area contributed by atoms with E-state index in [2.05, 4.69) is 4.98 Å². The van der Waals surface area contributed by atoms with Crippen molar-refractivity contribution < 1.29 is 22.1 Å². The van der Waals surface area contributed by atoms with Gasteiger partial charge in [-0.25, -0.2) is 22.8 Å². The zero-order valence-electron chi connectivity index (χ0n) is 10.0. The van der Waals surface area contributed by atoms with E-state index in [9.17, 15) is 13.2 Å². The molecule has 2 aliphatic carbocycles. The Morgan fingerprint density at radius 3 is 2.63 bits per heavy atom. The maximum atomic E-state index is 11.9. The van der Waals surface area contributed by atoms with E-state index in [0.717, 1.165) is 19.3 Å². The summed E-state index contributed by atoms with van der Waals surface area (Å²) in [5.41, 5.74) is 0. The minimum absolute atomic E-state index is 0.165. The van der Waals surface area contributed by atoms with Gasteiger partial charge in [-0.05, 0) is 31.1 Å². The summed E-state index contributed by atoms with van der Waals surface area (Å²) >= 11 is 0. The normalized spacial score (nSPS) is 32.9. The molecule has 19 heavy (non-hydrogen) atoms. The Morgan fingerprint density at radius 2 is 2.00 bits per heavy atom. The first kappa shape index (κ1) is 12.6. The minimum atomic E-state index is -2.93. The second kappa shape index (κ2) is 4.93. The molecule has 0 aliphatic heterocycles. The minimum Gasteiger partial charge on any atom is -0.442 e. The topological polar surface area (TPSA) is 87.5 Å². The van der Waals surface area contributed by atoms with Crippen molar-refractivity contribution in [1.82, 2.24) is 9.55 Å². The monoisotopic (exact) mass is 286 g/mol. The summed E-state index contributed by atoms with van der Waals surface area (Å²) in [5, 5.41) is 0. The van der Waals surface area contributed by atoms with Gasteiger partial charge in [0.25, 0.3) is 11.0 Å². The smallest absolute Gasteiger partial charge is 0.419 e.